The fraction of sp³-hybridized carbons (Fsp3) is 0.160. The van der Waals surface area contributed by atoms with Crippen molar-refractivity contribution < 1.29 is 13.9 Å². The minimum absolute atomic E-state index is 0.223. The van der Waals surface area contributed by atoms with Crippen LogP contribution in [0.15, 0.2) is 70.2 Å². The molecule has 0 aliphatic heterocycles. The van der Waals surface area contributed by atoms with Gasteiger partial charge in [-0.25, -0.2) is 4.68 Å². The van der Waals surface area contributed by atoms with Crippen molar-refractivity contribution in [2.75, 3.05) is 18.3 Å². The topological polar surface area (TPSA) is 108 Å². The molecular weight excluding hydrogens is 450 g/mol. The Morgan fingerprint density at radius 3 is 2.62 bits per heavy atom. The van der Waals surface area contributed by atoms with Gasteiger partial charge in [-0.05, 0) is 26.0 Å². The lowest BCUT2D eigenvalue weighted by Gasteiger charge is -2.14. The van der Waals surface area contributed by atoms with Gasteiger partial charge in [0.05, 0.1) is 18.0 Å². The quantitative estimate of drug-likeness (QED) is 0.264. The molecule has 0 unspecified atom stereocenters. The number of carbonyl (C=O) groups excluding carboxylic acids is 1. The third kappa shape index (κ3) is 3.94. The van der Waals surface area contributed by atoms with Gasteiger partial charge < -0.3 is 20.3 Å². The summed E-state index contributed by atoms with van der Waals surface area (Å²) in [6.45, 7) is 3.80. The van der Waals surface area contributed by atoms with E-state index in [0.29, 0.717) is 28.0 Å². The van der Waals surface area contributed by atoms with Crippen molar-refractivity contribution in [2.45, 2.75) is 24.3 Å². The van der Waals surface area contributed by atoms with Gasteiger partial charge in [0.25, 0.3) is 0 Å². The number of para-hydroxylation sites is 1. The number of benzene rings is 3. The third-order valence-corrected chi connectivity index (χ3v) is 6.64. The summed E-state index contributed by atoms with van der Waals surface area (Å²) >= 11 is 1.23. The van der Waals surface area contributed by atoms with Gasteiger partial charge in [0.2, 0.25) is 11.1 Å². The van der Waals surface area contributed by atoms with E-state index in [-0.39, 0.29) is 5.91 Å². The van der Waals surface area contributed by atoms with E-state index in [4.69, 9.17) is 15.0 Å². The SMILES string of the molecule is COc1cc2c(cc1NC(=O)[C@H](C)Sc1nnc(-c3ccc(C)cc3)n1N)oc1ccccc12. The van der Waals surface area contributed by atoms with E-state index in [1.807, 2.05) is 61.5 Å². The number of nitrogen functional groups attached to an aromatic ring is 1. The molecule has 0 radical (unpaired) electrons. The first-order valence-corrected chi connectivity index (χ1v) is 11.6. The van der Waals surface area contributed by atoms with Gasteiger partial charge in [0.1, 0.15) is 16.9 Å². The highest BCUT2D eigenvalue weighted by atomic mass is 32.2. The predicted molar refractivity (Wildman–Crippen MR) is 135 cm³/mol. The van der Waals surface area contributed by atoms with E-state index >= 15 is 0 Å². The molecule has 172 valence electrons. The number of hydrogen-bond acceptors (Lipinski definition) is 7. The number of fused-ring (bicyclic) bond motifs is 3. The van der Waals surface area contributed by atoms with Crippen molar-refractivity contribution >= 4 is 45.3 Å². The van der Waals surface area contributed by atoms with Gasteiger partial charge in [-0.15, -0.1) is 10.2 Å². The zero-order valence-corrected chi connectivity index (χ0v) is 19.7. The van der Waals surface area contributed by atoms with Crippen LogP contribution in [0, 0.1) is 6.92 Å². The molecule has 3 aromatic carbocycles. The van der Waals surface area contributed by atoms with E-state index in [0.717, 1.165) is 27.5 Å². The van der Waals surface area contributed by atoms with Crippen LogP contribution in [-0.2, 0) is 4.79 Å². The second-order valence-electron chi connectivity index (χ2n) is 7.94. The van der Waals surface area contributed by atoms with Crippen molar-refractivity contribution in [3.63, 3.8) is 0 Å². The van der Waals surface area contributed by atoms with Gasteiger partial charge >= 0.3 is 0 Å². The van der Waals surface area contributed by atoms with Gasteiger partial charge in [-0.3, -0.25) is 4.79 Å². The van der Waals surface area contributed by atoms with Crippen LogP contribution in [0.2, 0.25) is 0 Å². The van der Waals surface area contributed by atoms with Crippen molar-refractivity contribution in [3.8, 4) is 17.1 Å². The molecule has 3 N–H and O–H groups in total. The van der Waals surface area contributed by atoms with E-state index in [1.54, 1.807) is 20.1 Å². The summed E-state index contributed by atoms with van der Waals surface area (Å²) in [6.07, 6.45) is 0. The number of amides is 1. The number of rotatable bonds is 6. The summed E-state index contributed by atoms with van der Waals surface area (Å²) in [6, 6.07) is 19.3. The number of anilines is 1. The Kier molecular flexibility index (Phi) is 5.62. The summed E-state index contributed by atoms with van der Waals surface area (Å²) in [5, 5.41) is 13.2. The Morgan fingerprint density at radius 1 is 1.09 bits per heavy atom. The number of carbonyl (C=O) groups is 1. The van der Waals surface area contributed by atoms with Crippen molar-refractivity contribution in [2.24, 2.45) is 0 Å². The number of thioether (sulfide) groups is 1. The summed E-state index contributed by atoms with van der Waals surface area (Å²) in [5.74, 6) is 7.09. The van der Waals surface area contributed by atoms with Crippen molar-refractivity contribution in [1.29, 1.82) is 0 Å². The van der Waals surface area contributed by atoms with Gasteiger partial charge in [0, 0.05) is 22.4 Å². The molecule has 0 fully saturated rings. The van der Waals surface area contributed by atoms with Crippen LogP contribution in [0.1, 0.15) is 12.5 Å². The van der Waals surface area contributed by atoms with E-state index in [1.165, 1.54) is 16.4 Å². The third-order valence-electron chi connectivity index (χ3n) is 5.58. The number of aryl methyl sites for hydroxylation is 1. The molecule has 5 aromatic rings. The van der Waals surface area contributed by atoms with E-state index in [2.05, 4.69) is 15.5 Å². The predicted octanol–water partition coefficient (Wildman–Crippen LogP) is 4.99. The first-order valence-electron chi connectivity index (χ1n) is 10.7. The van der Waals surface area contributed by atoms with Crippen LogP contribution in [0.3, 0.4) is 0 Å². The highest BCUT2D eigenvalue weighted by molar-refractivity contribution is 8.00. The lowest BCUT2D eigenvalue weighted by atomic mass is 10.1. The molecule has 34 heavy (non-hydrogen) atoms. The van der Waals surface area contributed by atoms with Gasteiger partial charge in [-0.1, -0.05) is 59.8 Å². The highest BCUT2D eigenvalue weighted by Crippen LogP contribution is 2.37. The van der Waals surface area contributed by atoms with Crippen LogP contribution in [0.25, 0.3) is 33.3 Å². The molecule has 0 aliphatic carbocycles. The standard InChI is InChI=1S/C25H23N5O3S/c1-14-8-10-16(11-9-14)23-28-29-25(30(23)26)34-15(2)24(31)27-19-13-21-18(12-22(19)32-3)17-6-4-5-7-20(17)33-21/h4-13,15H,26H2,1-3H3,(H,27,31)/t15-/m0/s1. The number of nitrogens with zero attached hydrogens (tertiary/aromatic N) is 3. The average molecular weight is 474 g/mol. The summed E-state index contributed by atoms with van der Waals surface area (Å²) in [4.78, 5) is 13.0. The second-order valence-corrected chi connectivity index (χ2v) is 9.25. The molecule has 9 heteroatoms. The number of ether oxygens (including phenoxy) is 1. The zero-order chi connectivity index (χ0) is 23.8. The molecule has 8 nitrogen and oxygen atoms in total. The number of furan rings is 1. The fourth-order valence-electron chi connectivity index (χ4n) is 3.72. The van der Waals surface area contributed by atoms with Crippen LogP contribution in [0.5, 0.6) is 5.75 Å². The summed E-state index contributed by atoms with van der Waals surface area (Å²) in [7, 11) is 1.57. The van der Waals surface area contributed by atoms with Crippen LogP contribution in [0.4, 0.5) is 5.69 Å². The van der Waals surface area contributed by atoms with Crippen LogP contribution < -0.4 is 15.9 Å². The maximum Gasteiger partial charge on any atom is 0.237 e. The molecule has 2 heterocycles. The largest absolute Gasteiger partial charge is 0.495 e. The van der Waals surface area contributed by atoms with Gasteiger partial charge in [-0.2, -0.15) is 0 Å². The molecule has 2 aromatic heterocycles. The Labute approximate surface area is 200 Å². The maximum absolute atomic E-state index is 13.0. The minimum atomic E-state index is -0.492. The molecule has 0 saturated carbocycles. The molecule has 0 saturated heterocycles. The molecular formula is C25H23N5O3S. The normalized spacial score (nSPS) is 12.2. The number of aromatic nitrogens is 3. The Morgan fingerprint density at radius 2 is 1.85 bits per heavy atom. The Bertz CT molecular complexity index is 1510. The monoisotopic (exact) mass is 473 g/mol. The van der Waals surface area contributed by atoms with Crippen molar-refractivity contribution in [3.05, 3.63) is 66.2 Å². The number of nitrogens with one attached hydrogen (secondary N) is 1. The fourth-order valence-corrected chi connectivity index (χ4v) is 4.49. The van der Waals surface area contributed by atoms with E-state index in [9.17, 15) is 4.79 Å². The molecule has 0 bridgehead atoms. The average Bonchev–Trinajstić information content (AvgIpc) is 3.38. The van der Waals surface area contributed by atoms with Gasteiger partial charge in [0.15, 0.2) is 5.82 Å². The molecule has 1 amide bonds. The first-order chi connectivity index (χ1) is 16.4. The highest BCUT2D eigenvalue weighted by Gasteiger charge is 2.22. The lowest BCUT2D eigenvalue weighted by Crippen LogP contribution is -2.24. The molecule has 1 atom stereocenters. The maximum atomic E-state index is 13.0. The number of methoxy groups -OCH3 is 1. The molecule has 5 rings (SSSR count). The van der Waals surface area contributed by atoms with Crippen molar-refractivity contribution in [1.82, 2.24) is 14.9 Å². The number of nitrogens with two attached hydrogens (primary N) is 1. The second kappa shape index (κ2) is 8.75. The lowest BCUT2D eigenvalue weighted by molar-refractivity contribution is -0.115. The number of hydrogen-bond donors (Lipinski definition) is 2. The zero-order valence-electron chi connectivity index (χ0n) is 18.9. The van der Waals surface area contributed by atoms with E-state index < -0.39 is 5.25 Å². The first kappa shape index (κ1) is 21.8. The summed E-state index contributed by atoms with van der Waals surface area (Å²) in [5.41, 5.74) is 3.97. The smallest absolute Gasteiger partial charge is 0.237 e. The Hall–Kier alpha value is -3.98. The Balaban J connectivity index is 1.36. The molecule has 0 spiro atoms. The summed E-state index contributed by atoms with van der Waals surface area (Å²) < 4.78 is 12.9. The minimum Gasteiger partial charge on any atom is -0.495 e. The molecule has 0 aliphatic rings. The van der Waals surface area contributed by atoms with Crippen LogP contribution >= 0.6 is 11.8 Å². The van der Waals surface area contributed by atoms with Crippen LogP contribution in [-0.4, -0.2) is 33.1 Å².